The van der Waals surface area contributed by atoms with Crippen molar-refractivity contribution in [2.75, 3.05) is 26.2 Å². The van der Waals surface area contributed by atoms with Crippen LogP contribution in [0.25, 0.3) is 0 Å². The molecule has 0 bridgehead atoms. The lowest BCUT2D eigenvalue weighted by atomic mass is 9.46. The summed E-state index contributed by atoms with van der Waals surface area (Å²) in [5.74, 6) is 4.13. The molecule has 39 heavy (non-hydrogen) atoms. The van der Waals surface area contributed by atoms with Crippen molar-refractivity contribution in [3.63, 3.8) is 0 Å². The van der Waals surface area contributed by atoms with Crippen LogP contribution < -0.4 is 5.32 Å². The first-order valence-electron chi connectivity index (χ1n) is 16.7. The highest BCUT2D eigenvalue weighted by atomic mass is 15.1. The smallest absolute Gasteiger partial charge is 0.0781 e. The van der Waals surface area contributed by atoms with Gasteiger partial charge in [0.1, 0.15) is 0 Å². The summed E-state index contributed by atoms with van der Waals surface area (Å²) >= 11 is 0. The molecule has 220 valence electrons. The Labute approximate surface area is 242 Å². The summed E-state index contributed by atoms with van der Waals surface area (Å²) in [6.45, 7) is 29.1. The molecule has 0 radical (unpaired) electrons. The summed E-state index contributed by atoms with van der Waals surface area (Å²) in [6, 6.07) is 0.675. The quantitative estimate of drug-likeness (QED) is 0.314. The molecule has 5 aliphatic rings. The van der Waals surface area contributed by atoms with Crippen molar-refractivity contribution < 1.29 is 0 Å². The van der Waals surface area contributed by atoms with Crippen LogP contribution in [0, 0.1) is 40.4 Å². The fourth-order valence-electron chi connectivity index (χ4n) is 9.85. The van der Waals surface area contributed by atoms with Gasteiger partial charge in [-0.05, 0) is 119 Å². The van der Waals surface area contributed by atoms with Crippen molar-refractivity contribution in [1.82, 2.24) is 10.2 Å². The SMILES string of the molecule is C=C1C=C2CCC3C(CCC4(C)C(C(C)=NCC(=C)N(CC)CCC5CC(C)CN5)CCC34)C2(C)CC1.CC. The molecule has 0 spiro atoms. The van der Waals surface area contributed by atoms with Crippen molar-refractivity contribution >= 4 is 5.71 Å². The largest absolute Gasteiger partial charge is 0.374 e. The van der Waals surface area contributed by atoms with Crippen molar-refractivity contribution in [2.45, 2.75) is 119 Å². The first-order valence-corrected chi connectivity index (χ1v) is 16.7. The third kappa shape index (κ3) is 6.00. The number of nitrogens with one attached hydrogen (secondary N) is 1. The fraction of sp³-hybridized carbons (Fsp3) is 0.806. The van der Waals surface area contributed by atoms with Gasteiger partial charge in [0.25, 0.3) is 0 Å². The van der Waals surface area contributed by atoms with Crippen LogP contribution in [0.2, 0.25) is 0 Å². The number of hydrogen-bond acceptors (Lipinski definition) is 3. The Morgan fingerprint density at radius 2 is 1.87 bits per heavy atom. The number of nitrogens with zero attached hydrogens (tertiary/aromatic N) is 2. The van der Waals surface area contributed by atoms with Crippen molar-refractivity contribution in [3.05, 3.63) is 36.1 Å². The van der Waals surface area contributed by atoms with Crippen LogP contribution in [0.3, 0.4) is 0 Å². The van der Waals surface area contributed by atoms with Gasteiger partial charge >= 0.3 is 0 Å². The lowest BCUT2D eigenvalue weighted by Crippen LogP contribution is -2.50. The molecule has 5 rings (SSSR count). The van der Waals surface area contributed by atoms with Gasteiger partial charge < -0.3 is 10.2 Å². The van der Waals surface area contributed by atoms with E-state index < -0.39 is 0 Å². The molecule has 1 heterocycles. The van der Waals surface area contributed by atoms with Crippen LogP contribution in [-0.2, 0) is 0 Å². The third-order valence-electron chi connectivity index (χ3n) is 12.1. The molecule has 3 nitrogen and oxygen atoms in total. The van der Waals surface area contributed by atoms with Crippen LogP contribution in [0.15, 0.2) is 41.1 Å². The van der Waals surface area contributed by atoms with Gasteiger partial charge in [-0.15, -0.1) is 0 Å². The number of likely N-dealkylation sites (N-methyl/N-ethyl adjacent to an activating group) is 1. The van der Waals surface area contributed by atoms with Gasteiger partial charge in [-0.25, -0.2) is 0 Å². The minimum absolute atomic E-state index is 0.431. The van der Waals surface area contributed by atoms with Crippen LogP contribution in [0.1, 0.15) is 113 Å². The van der Waals surface area contributed by atoms with Crippen molar-refractivity contribution in [3.8, 4) is 0 Å². The van der Waals surface area contributed by atoms with E-state index in [-0.39, 0.29) is 0 Å². The van der Waals surface area contributed by atoms with Gasteiger partial charge in [-0.1, -0.05) is 65.0 Å². The molecule has 1 saturated heterocycles. The summed E-state index contributed by atoms with van der Waals surface area (Å²) in [5, 5.41) is 3.69. The lowest BCUT2D eigenvalue weighted by molar-refractivity contribution is -0.0417. The predicted octanol–water partition coefficient (Wildman–Crippen LogP) is 8.83. The molecular formula is C36H61N3. The maximum atomic E-state index is 5.24. The molecule has 4 fully saturated rings. The van der Waals surface area contributed by atoms with Crippen LogP contribution in [0.5, 0.6) is 0 Å². The maximum Gasteiger partial charge on any atom is 0.0781 e. The van der Waals surface area contributed by atoms with Gasteiger partial charge in [0, 0.05) is 36.5 Å². The molecular weight excluding hydrogens is 474 g/mol. The predicted molar refractivity (Wildman–Crippen MR) is 170 cm³/mol. The van der Waals surface area contributed by atoms with E-state index in [1.807, 2.05) is 13.8 Å². The Bertz CT molecular complexity index is 945. The highest BCUT2D eigenvalue weighted by molar-refractivity contribution is 5.85. The molecule has 0 aromatic rings. The molecule has 8 atom stereocenters. The molecule has 0 aromatic heterocycles. The second kappa shape index (κ2) is 12.7. The second-order valence-corrected chi connectivity index (χ2v) is 14.2. The first kappa shape index (κ1) is 30.6. The maximum absolute atomic E-state index is 5.24. The standard InChI is InChI=1S/C34H55N3.C2H6/c1-8-37(18-15-28-20-24(3)21-36-28)25(4)22-35-26(5)30-11-12-31-29-10-9-27-19-23(2)13-16-33(27,6)32(29)14-17-34(30,31)7;1-2/h19,24,28-32,36H,2,4,8-18,20-22H2,1,3,5-7H3;1-2H3. The van der Waals surface area contributed by atoms with E-state index in [9.17, 15) is 0 Å². The average Bonchev–Trinajstić information content (AvgIpc) is 3.51. The monoisotopic (exact) mass is 535 g/mol. The summed E-state index contributed by atoms with van der Waals surface area (Å²) in [5.41, 5.74) is 6.57. The molecule has 4 aliphatic carbocycles. The van der Waals surface area contributed by atoms with Crippen LogP contribution >= 0.6 is 0 Å². The summed E-state index contributed by atoms with van der Waals surface area (Å²) in [6.07, 6.45) is 15.8. The molecule has 1 aliphatic heterocycles. The third-order valence-corrected chi connectivity index (χ3v) is 12.1. The Morgan fingerprint density at radius 1 is 1.10 bits per heavy atom. The Morgan fingerprint density at radius 3 is 2.56 bits per heavy atom. The highest BCUT2D eigenvalue weighted by Crippen LogP contribution is 2.67. The van der Waals surface area contributed by atoms with Gasteiger partial charge in [-0.2, -0.15) is 0 Å². The van der Waals surface area contributed by atoms with Crippen LogP contribution in [0.4, 0.5) is 0 Å². The Kier molecular flexibility index (Phi) is 9.94. The van der Waals surface area contributed by atoms with Crippen molar-refractivity contribution in [1.29, 1.82) is 0 Å². The zero-order chi connectivity index (χ0) is 28.4. The normalized spacial score (nSPS) is 39.6. The number of fused-ring (bicyclic) bond motifs is 5. The Balaban J connectivity index is 0.00000172. The van der Waals surface area contributed by atoms with Gasteiger partial charge in [0.2, 0.25) is 0 Å². The zero-order valence-electron chi connectivity index (χ0n) is 26.7. The molecule has 8 unspecified atom stereocenters. The summed E-state index contributed by atoms with van der Waals surface area (Å²) < 4.78 is 0. The van der Waals surface area contributed by atoms with E-state index in [0.717, 1.165) is 43.3 Å². The minimum atomic E-state index is 0.431. The first-order chi connectivity index (χ1) is 18.7. The molecule has 0 aromatic carbocycles. The fourth-order valence-corrected chi connectivity index (χ4v) is 9.85. The second-order valence-electron chi connectivity index (χ2n) is 14.2. The van der Waals surface area contributed by atoms with Gasteiger partial charge in [-0.3, -0.25) is 4.99 Å². The number of rotatable bonds is 8. The zero-order valence-corrected chi connectivity index (χ0v) is 26.7. The van der Waals surface area contributed by atoms with Crippen LogP contribution in [-0.4, -0.2) is 42.8 Å². The average molecular weight is 536 g/mol. The number of allylic oxidation sites excluding steroid dienone is 3. The molecule has 3 saturated carbocycles. The van der Waals surface area contributed by atoms with E-state index in [4.69, 9.17) is 4.99 Å². The number of hydrogen-bond donors (Lipinski definition) is 1. The van der Waals surface area contributed by atoms with Gasteiger partial charge in [0.05, 0.1) is 6.54 Å². The topological polar surface area (TPSA) is 27.6 Å². The summed E-state index contributed by atoms with van der Waals surface area (Å²) in [4.78, 5) is 7.71. The Hall–Kier alpha value is -1.35. The minimum Gasteiger partial charge on any atom is -0.374 e. The molecule has 1 N–H and O–H groups in total. The highest BCUT2D eigenvalue weighted by Gasteiger charge is 2.59. The van der Waals surface area contributed by atoms with E-state index >= 15 is 0 Å². The lowest BCUT2D eigenvalue weighted by Gasteiger charge is -2.58. The van der Waals surface area contributed by atoms with E-state index in [0.29, 0.717) is 22.8 Å². The van der Waals surface area contributed by atoms with E-state index in [1.165, 1.54) is 87.7 Å². The van der Waals surface area contributed by atoms with Crippen molar-refractivity contribution in [2.24, 2.45) is 45.4 Å². The number of aliphatic imine (C=N–C) groups is 1. The van der Waals surface area contributed by atoms with E-state index in [2.05, 4.69) is 64.1 Å². The molecule has 0 amide bonds. The van der Waals surface area contributed by atoms with E-state index in [1.54, 1.807) is 5.57 Å². The summed E-state index contributed by atoms with van der Waals surface area (Å²) in [7, 11) is 0. The molecule has 3 heteroatoms. The van der Waals surface area contributed by atoms with Gasteiger partial charge in [0.15, 0.2) is 0 Å².